The Morgan fingerprint density at radius 1 is 1.00 bits per heavy atom. The van der Waals surface area contributed by atoms with Crippen LogP contribution in [0.25, 0.3) is 0 Å². The zero-order valence-electron chi connectivity index (χ0n) is 17.8. The van der Waals surface area contributed by atoms with Gasteiger partial charge in [-0.15, -0.1) is 0 Å². The highest BCUT2D eigenvalue weighted by atomic mass is 16.5. The molecule has 0 saturated heterocycles. The van der Waals surface area contributed by atoms with E-state index in [1.165, 1.54) is 0 Å². The maximum Gasteiger partial charge on any atom is 0.242 e. The molecule has 0 unspecified atom stereocenters. The number of unbranched alkanes of at least 4 members (excludes halogenated alkanes) is 1. The van der Waals surface area contributed by atoms with Gasteiger partial charge in [0.2, 0.25) is 11.8 Å². The number of nitrogens with zero attached hydrogens (tertiary/aromatic N) is 3. The van der Waals surface area contributed by atoms with E-state index < -0.39 is 0 Å². The van der Waals surface area contributed by atoms with Gasteiger partial charge in [0.25, 0.3) is 0 Å². The zero-order chi connectivity index (χ0) is 21.1. The fraction of sp³-hybridized carbons (Fsp3) is 0.478. The van der Waals surface area contributed by atoms with Crippen LogP contribution < -0.4 is 0 Å². The normalized spacial score (nSPS) is 10.7. The maximum absolute atomic E-state index is 13.1. The molecular formula is C23H33N3O3. The average molecular weight is 400 g/mol. The van der Waals surface area contributed by atoms with E-state index >= 15 is 0 Å². The average Bonchev–Trinajstić information content (AvgIpc) is 3.13. The minimum atomic E-state index is -0.0593. The number of aryl methyl sites for hydroxylation is 1. The lowest BCUT2D eigenvalue weighted by molar-refractivity contribution is -0.141. The fourth-order valence-corrected chi connectivity index (χ4v) is 3.14. The number of aromatic nitrogens is 1. The van der Waals surface area contributed by atoms with Crippen molar-refractivity contribution in [2.24, 2.45) is 7.05 Å². The number of ether oxygens (including phenoxy) is 1. The molecule has 0 N–H and O–H groups in total. The lowest BCUT2D eigenvalue weighted by Gasteiger charge is -2.28. The molecule has 1 aromatic carbocycles. The number of benzene rings is 1. The summed E-state index contributed by atoms with van der Waals surface area (Å²) in [4.78, 5) is 29.4. The summed E-state index contributed by atoms with van der Waals surface area (Å²) in [6.07, 6.45) is 4.21. The minimum Gasteiger partial charge on any atom is -0.383 e. The molecule has 0 atom stereocenters. The van der Waals surface area contributed by atoms with Gasteiger partial charge in [-0.2, -0.15) is 0 Å². The first-order valence-corrected chi connectivity index (χ1v) is 10.2. The minimum absolute atomic E-state index is 0.0304. The van der Waals surface area contributed by atoms with Crippen molar-refractivity contribution in [1.82, 2.24) is 14.4 Å². The number of hydrogen-bond donors (Lipinski definition) is 0. The standard InChI is InChI=1S/C23H33N3O3/c1-4-5-14-25(18-21-12-9-13-24(21)2)23(28)19-26(15-16-29-3)22(27)17-20-10-7-6-8-11-20/h6-13H,4-5,14-19H2,1-3H3. The summed E-state index contributed by atoms with van der Waals surface area (Å²) >= 11 is 0. The van der Waals surface area contributed by atoms with Crippen LogP contribution >= 0.6 is 0 Å². The Balaban J connectivity index is 2.07. The molecule has 0 aliphatic carbocycles. The van der Waals surface area contributed by atoms with Crippen LogP contribution in [-0.2, 0) is 34.3 Å². The second-order valence-corrected chi connectivity index (χ2v) is 7.25. The van der Waals surface area contributed by atoms with Crippen LogP contribution in [0.1, 0.15) is 31.0 Å². The van der Waals surface area contributed by atoms with Crippen molar-refractivity contribution in [1.29, 1.82) is 0 Å². The first-order valence-electron chi connectivity index (χ1n) is 10.2. The second kappa shape index (κ2) is 12.1. The molecule has 0 bridgehead atoms. The van der Waals surface area contributed by atoms with E-state index in [1.54, 1.807) is 12.0 Å². The van der Waals surface area contributed by atoms with Gasteiger partial charge in [0.1, 0.15) is 0 Å². The predicted octanol–water partition coefficient (Wildman–Crippen LogP) is 2.87. The highest BCUT2D eigenvalue weighted by Crippen LogP contribution is 2.09. The van der Waals surface area contributed by atoms with Crippen LogP contribution in [0.15, 0.2) is 48.7 Å². The van der Waals surface area contributed by atoms with Crippen LogP contribution in [0, 0.1) is 0 Å². The van der Waals surface area contributed by atoms with Gasteiger partial charge in [-0.25, -0.2) is 0 Å². The lowest BCUT2D eigenvalue weighted by Crippen LogP contribution is -2.44. The highest BCUT2D eigenvalue weighted by molar-refractivity contribution is 5.86. The lowest BCUT2D eigenvalue weighted by atomic mass is 10.1. The third-order valence-corrected chi connectivity index (χ3v) is 4.98. The molecule has 2 amide bonds. The monoisotopic (exact) mass is 399 g/mol. The number of methoxy groups -OCH3 is 1. The molecule has 6 nitrogen and oxygen atoms in total. The number of amides is 2. The van der Waals surface area contributed by atoms with Crippen molar-refractivity contribution in [3.63, 3.8) is 0 Å². The van der Waals surface area contributed by atoms with Crippen LogP contribution in [0.4, 0.5) is 0 Å². The molecule has 2 aromatic rings. The molecule has 6 heteroatoms. The second-order valence-electron chi connectivity index (χ2n) is 7.25. The third-order valence-electron chi connectivity index (χ3n) is 4.98. The quantitative estimate of drug-likeness (QED) is 0.551. The Morgan fingerprint density at radius 3 is 2.38 bits per heavy atom. The Kier molecular flexibility index (Phi) is 9.44. The summed E-state index contributed by atoms with van der Waals surface area (Å²) in [5, 5.41) is 0. The molecule has 2 rings (SSSR count). The van der Waals surface area contributed by atoms with Gasteiger partial charge in [-0.3, -0.25) is 9.59 Å². The van der Waals surface area contributed by atoms with Crippen molar-refractivity contribution < 1.29 is 14.3 Å². The molecule has 158 valence electrons. The Bertz CT molecular complexity index is 758. The van der Waals surface area contributed by atoms with E-state index in [2.05, 4.69) is 6.92 Å². The van der Waals surface area contributed by atoms with E-state index in [-0.39, 0.29) is 24.8 Å². The van der Waals surface area contributed by atoms with Gasteiger partial charge >= 0.3 is 0 Å². The van der Waals surface area contributed by atoms with Crippen LogP contribution in [0.2, 0.25) is 0 Å². The van der Waals surface area contributed by atoms with Gasteiger partial charge in [0, 0.05) is 39.1 Å². The molecule has 1 aromatic heterocycles. The van der Waals surface area contributed by atoms with Crippen molar-refractivity contribution in [3.05, 3.63) is 59.9 Å². The first kappa shape index (κ1) is 22.7. The molecular weight excluding hydrogens is 366 g/mol. The molecule has 0 spiro atoms. The first-order chi connectivity index (χ1) is 14.0. The smallest absolute Gasteiger partial charge is 0.242 e. The number of rotatable bonds is 12. The van der Waals surface area contributed by atoms with Crippen molar-refractivity contribution in [2.45, 2.75) is 32.7 Å². The van der Waals surface area contributed by atoms with E-state index in [0.717, 1.165) is 24.1 Å². The van der Waals surface area contributed by atoms with Crippen LogP contribution in [-0.4, -0.2) is 59.5 Å². The summed E-state index contributed by atoms with van der Waals surface area (Å²) in [5.41, 5.74) is 2.02. The van der Waals surface area contributed by atoms with Gasteiger partial charge in [0.05, 0.1) is 26.1 Å². The van der Waals surface area contributed by atoms with Crippen LogP contribution in [0.5, 0.6) is 0 Å². The Labute approximate surface area is 174 Å². The van der Waals surface area contributed by atoms with E-state index in [4.69, 9.17) is 4.74 Å². The summed E-state index contributed by atoms with van der Waals surface area (Å²) in [5.74, 6) is -0.0897. The van der Waals surface area contributed by atoms with Crippen LogP contribution in [0.3, 0.4) is 0 Å². The predicted molar refractivity (Wildman–Crippen MR) is 114 cm³/mol. The fourth-order valence-electron chi connectivity index (χ4n) is 3.14. The zero-order valence-corrected chi connectivity index (χ0v) is 17.8. The summed E-state index contributed by atoms with van der Waals surface area (Å²) < 4.78 is 7.18. The van der Waals surface area contributed by atoms with Crippen molar-refractivity contribution in [3.8, 4) is 0 Å². The summed E-state index contributed by atoms with van der Waals surface area (Å²) in [6.45, 7) is 4.22. The van der Waals surface area contributed by atoms with Gasteiger partial charge < -0.3 is 19.1 Å². The number of carbonyl (C=O) groups excluding carboxylic acids is 2. The summed E-state index contributed by atoms with van der Waals surface area (Å²) in [6, 6.07) is 13.6. The Morgan fingerprint density at radius 2 is 1.76 bits per heavy atom. The van der Waals surface area contributed by atoms with Gasteiger partial charge in [-0.1, -0.05) is 43.7 Å². The van der Waals surface area contributed by atoms with Gasteiger partial charge in [0.15, 0.2) is 0 Å². The summed E-state index contributed by atoms with van der Waals surface area (Å²) in [7, 11) is 3.58. The van der Waals surface area contributed by atoms with Crippen molar-refractivity contribution >= 4 is 11.8 Å². The highest BCUT2D eigenvalue weighted by Gasteiger charge is 2.22. The van der Waals surface area contributed by atoms with Crippen molar-refractivity contribution in [2.75, 3.05) is 33.4 Å². The topological polar surface area (TPSA) is 54.8 Å². The molecule has 0 saturated carbocycles. The largest absolute Gasteiger partial charge is 0.383 e. The molecule has 0 radical (unpaired) electrons. The number of hydrogen-bond acceptors (Lipinski definition) is 3. The molecule has 1 heterocycles. The maximum atomic E-state index is 13.1. The number of carbonyl (C=O) groups is 2. The van der Waals surface area contributed by atoms with E-state index in [9.17, 15) is 9.59 Å². The molecule has 0 aliphatic rings. The third kappa shape index (κ3) is 7.38. The SMILES string of the molecule is CCCCN(Cc1cccn1C)C(=O)CN(CCOC)C(=O)Cc1ccccc1. The molecule has 0 fully saturated rings. The Hall–Kier alpha value is -2.60. The van der Waals surface area contributed by atoms with E-state index in [0.29, 0.717) is 26.2 Å². The van der Waals surface area contributed by atoms with E-state index in [1.807, 2.05) is 65.2 Å². The molecule has 29 heavy (non-hydrogen) atoms. The van der Waals surface area contributed by atoms with Gasteiger partial charge in [-0.05, 0) is 24.1 Å². The molecule has 0 aliphatic heterocycles.